The van der Waals surface area contributed by atoms with Crippen LogP contribution in [0.25, 0.3) is 10.8 Å². The van der Waals surface area contributed by atoms with Gasteiger partial charge in [-0.1, -0.05) is 18.2 Å². The molecule has 0 aliphatic carbocycles. The zero-order chi connectivity index (χ0) is 16.4. The molecule has 0 bridgehead atoms. The van der Waals surface area contributed by atoms with E-state index in [1.165, 1.54) is 0 Å². The molecule has 1 aromatic heterocycles. The van der Waals surface area contributed by atoms with E-state index in [1.807, 2.05) is 18.2 Å². The molecule has 0 radical (unpaired) electrons. The monoisotopic (exact) mass is 312 g/mol. The molecular weight excluding hydrogens is 296 g/mol. The number of nitrogen functional groups attached to an aromatic ring is 1. The Morgan fingerprint density at radius 2 is 1.70 bits per heavy atom. The van der Waals surface area contributed by atoms with Gasteiger partial charge in [0, 0.05) is 17.1 Å². The van der Waals surface area contributed by atoms with Gasteiger partial charge in [0.2, 0.25) is 5.88 Å². The lowest BCUT2D eigenvalue weighted by molar-refractivity contribution is 0.355. The number of hydrogen-bond donors (Lipinski definition) is 2. The summed E-state index contributed by atoms with van der Waals surface area (Å²) in [7, 11) is 3.13. The van der Waals surface area contributed by atoms with Gasteiger partial charge in [0.25, 0.3) is 0 Å². The van der Waals surface area contributed by atoms with Gasteiger partial charge in [-0.3, -0.25) is 0 Å². The minimum absolute atomic E-state index is 0.0310. The molecule has 0 aliphatic heterocycles. The molecule has 0 unspecified atom stereocenters. The predicted octanol–water partition coefficient (Wildman–Crippen LogP) is 3.14. The maximum atomic E-state index is 11.9. The van der Waals surface area contributed by atoms with Crippen molar-refractivity contribution in [3.05, 3.63) is 52.9 Å². The van der Waals surface area contributed by atoms with Gasteiger partial charge in [-0.25, -0.2) is 4.79 Å². The SMILES string of the molecule is COc1ccc(Nc2c(N)oc(=O)c3ccccc23)cc1OC. The quantitative estimate of drug-likeness (QED) is 0.769. The van der Waals surface area contributed by atoms with Gasteiger partial charge in [-0.15, -0.1) is 0 Å². The molecule has 0 spiro atoms. The first-order valence-electron chi connectivity index (χ1n) is 6.94. The first kappa shape index (κ1) is 14.8. The molecule has 0 saturated carbocycles. The van der Waals surface area contributed by atoms with E-state index in [4.69, 9.17) is 19.6 Å². The smallest absolute Gasteiger partial charge is 0.345 e. The van der Waals surface area contributed by atoms with Crippen LogP contribution in [0.1, 0.15) is 0 Å². The largest absolute Gasteiger partial charge is 0.493 e. The summed E-state index contributed by atoms with van der Waals surface area (Å²) in [5.41, 5.74) is 6.68. The van der Waals surface area contributed by atoms with Crippen LogP contribution in [0.5, 0.6) is 11.5 Å². The van der Waals surface area contributed by atoms with Crippen molar-refractivity contribution < 1.29 is 13.9 Å². The van der Waals surface area contributed by atoms with Crippen molar-refractivity contribution in [1.82, 2.24) is 0 Å². The number of ether oxygens (including phenoxy) is 2. The van der Waals surface area contributed by atoms with Crippen LogP contribution in [0.4, 0.5) is 17.3 Å². The Labute approximate surface area is 132 Å². The van der Waals surface area contributed by atoms with Crippen molar-refractivity contribution in [3.63, 3.8) is 0 Å². The van der Waals surface area contributed by atoms with Crippen molar-refractivity contribution >= 4 is 28.0 Å². The fourth-order valence-corrected chi connectivity index (χ4v) is 2.40. The van der Waals surface area contributed by atoms with Crippen LogP contribution in [-0.2, 0) is 0 Å². The van der Waals surface area contributed by atoms with Gasteiger partial charge in [0.1, 0.15) is 5.69 Å². The molecule has 6 nitrogen and oxygen atoms in total. The summed E-state index contributed by atoms with van der Waals surface area (Å²) in [6, 6.07) is 12.5. The Bertz CT molecular complexity index is 918. The van der Waals surface area contributed by atoms with E-state index in [9.17, 15) is 4.79 Å². The third-order valence-corrected chi connectivity index (χ3v) is 3.52. The molecule has 2 aromatic carbocycles. The summed E-state index contributed by atoms with van der Waals surface area (Å²) < 4.78 is 15.6. The fourth-order valence-electron chi connectivity index (χ4n) is 2.40. The second-order valence-corrected chi connectivity index (χ2v) is 4.87. The molecule has 0 atom stereocenters. The topological polar surface area (TPSA) is 86.7 Å². The van der Waals surface area contributed by atoms with Crippen LogP contribution < -0.4 is 26.1 Å². The third kappa shape index (κ3) is 2.66. The van der Waals surface area contributed by atoms with E-state index in [-0.39, 0.29) is 5.88 Å². The van der Waals surface area contributed by atoms with E-state index >= 15 is 0 Å². The number of methoxy groups -OCH3 is 2. The van der Waals surface area contributed by atoms with Crippen molar-refractivity contribution in [2.24, 2.45) is 0 Å². The number of nitrogens with two attached hydrogens (primary N) is 1. The van der Waals surface area contributed by atoms with Gasteiger partial charge in [-0.05, 0) is 18.2 Å². The first-order valence-corrected chi connectivity index (χ1v) is 6.94. The Morgan fingerprint density at radius 1 is 1.00 bits per heavy atom. The summed E-state index contributed by atoms with van der Waals surface area (Å²) in [6.07, 6.45) is 0. The molecule has 118 valence electrons. The number of fused-ring (bicyclic) bond motifs is 1. The van der Waals surface area contributed by atoms with Crippen LogP contribution in [0, 0.1) is 0 Å². The molecule has 0 saturated heterocycles. The second kappa shape index (κ2) is 5.92. The van der Waals surface area contributed by atoms with Crippen molar-refractivity contribution in [2.75, 3.05) is 25.3 Å². The highest BCUT2D eigenvalue weighted by molar-refractivity contribution is 5.98. The maximum Gasteiger partial charge on any atom is 0.345 e. The van der Waals surface area contributed by atoms with Crippen molar-refractivity contribution in [2.45, 2.75) is 0 Å². The molecular formula is C17H16N2O4. The van der Waals surface area contributed by atoms with Gasteiger partial charge in [0.05, 0.1) is 19.6 Å². The molecule has 0 amide bonds. The van der Waals surface area contributed by atoms with Gasteiger partial charge in [-0.2, -0.15) is 0 Å². The zero-order valence-corrected chi connectivity index (χ0v) is 12.8. The molecule has 0 fully saturated rings. The normalized spacial score (nSPS) is 10.5. The summed E-state index contributed by atoms with van der Waals surface area (Å²) in [6.45, 7) is 0. The highest BCUT2D eigenvalue weighted by Crippen LogP contribution is 2.34. The number of hydrogen-bond acceptors (Lipinski definition) is 6. The highest BCUT2D eigenvalue weighted by Gasteiger charge is 2.12. The van der Waals surface area contributed by atoms with Crippen LogP contribution in [0.2, 0.25) is 0 Å². The van der Waals surface area contributed by atoms with Gasteiger partial charge in [0.15, 0.2) is 11.5 Å². The van der Waals surface area contributed by atoms with Crippen LogP contribution >= 0.6 is 0 Å². The number of benzene rings is 2. The van der Waals surface area contributed by atoms with Crippen LogP contribution in [-0.4, -0.2) is 14.2 Å². The van der Waals surface area contributed by atoms with E-state index in [1.54, 1.807) is 38.5 Å². The van der Waals surface area contributed by atoms with Crippen LogP contribution in [0.3, 0.4) is 0 Å². The summed E-state index contributed by atoms with van der Waals surface area (Å²) in [5.74, 6) is 1.23. The maximum absolute atomic E-state index is 11.9. The third-order valence-electron chi connectivity index (χ3n) is 3.52. The first-order chi connectivity index (χ1) is 11.1. The van der Waals surface area contributed by atoms with E-state index in [2.05, 4.69) is 5.32 Å². The minimum atomic E-state index is -0.462. The van der Waals surface area contributed by atoms with Crippen LogP contribution in [0.15, 0.2) is 51.7 Å². The molecule has 3 N–H and O–H groups in total. The average Bonchev–Trinajstić information content (AvgIpc) is 2.58. The standard InChI is InChI=1S/C17H16N2O4/c1-21-13-8-7-10(9-14(13)22-2)19-15-11-5-3-4-6-12(11)17(20)23-16(15)18/h3-9,19H,18H2,1-2H3. The van der Waals surface area contributed by atoms with Crippen molar-refractivity contribution in [1.29, 1.82) is 0 Å². The molecule has 6 heteroatoms. The Morgan fingerprint density at radius 3 is 2.39 bits per heavy atom. The fraction of sp³-hybridized carbons (Fsp3) is 0.118. The van der Waals surface area contributed by atoms with E-state index in [0.29, 0.717) is 28.0 Å². The van der Waals surface area contributed by atoms with Gasteiger partial charge < -0.3 is 24.9 Å². The Kier molecular flexibility index (Phi) is 3.80. The average molecular weight is 312 g/mol. The minimum Gasteiger partial charge on any atom is -0.493 e. The van der Waals surface area contributed by atoms with E-state index in [0.717, 1.165) is 5.69 Å². The second-order valence-electron chi connectivity index (χ2n) is 4.87. The summed E-state index contributed by atoms with van der Waals surface area (Å²) >= 11 is 0. The number of nitrogens with one attached hydrogen (secondary N) is 1. The lowest BCUT2D eigenvalue weighted by atomic mass is 10.1. The molecule has 0 aliphatic rings. The molecule has 3 aromatic rings. The van der Waals surface area contributed by atoms with Crippen molar-refractivity contribution in [3.8, 4) is 11.5 Å². The van der Waals surface area contributed by atoms with E-state index < -0.39 is 5.63 Å². The highest BCUT2D eigenvalue weighted by atomic mass is 16.5. The predicted molar refractivity (Wildman–Crippen MR) is 89.7 cm³/mol. The molecule has 3 rings (SSSR count). The molecule has 1 heterocycles. The Balaban J connectivity index is 2.10. The lowest BCUT2D eigenvalue weighted by Crippen LogP contribution is -2.06. The van der Waals surface area contributed by atoms with Gasteiger partial charge >= 0.3 is 5.63 Å². The lowest BCUT2D eigenvalue weighted by Gasteiger charge is -2.13. The molecule has 23 heavy (non-hydrogen) atoms. The number of rotatable bonds is 4. The zero-order valence-electron chi connectivity index (χ0n) is 12.8. The summed E-state index contributed by atoms with van der Waals surface area (Å²) in [4.78, 5) is 11.9. The number of anilines is 3. The Hall–Kier alpha value is -3.15. The summed E-state index contributed by atoms with van der Waals surface area (Å²) in [5, 5.41) is 4.33.